The van der Waals surface area contributed by atoms with Crippen LogP contribution < -0.4 is 0 Å². The van der Waals surface area contributed by atoms with Crippen molar-refractivity contribution in [3.8, 4) is 5.75 Å². The van der Waals surface area contributed by atoms with Gasteiger partial charge in [-0.1, -0.05) is 60.2 Å². The minimum atomic E-state index is 0.366. The summed E-state index contributed by atoms with van der Waals surface area (Å²) in [6.07, 6.45) is 2.06. The Morgan fingerprint density at radius 3 is 1.83 bits per heavy atom. The van der Waals surface area contributed by atoms with E-state index in [0.29, 0.717) is 5.75 Å². The second-order valence-electron chi connectivity index (χ2n) is 4.37. The van der Waals surface area contributed by atoms with Crippen LogP contribution in [0.4, 0.5) is 0 Å². The molecular weight excluding hydrogens is 220 g/mol. The van der Waals surface area contributed by atoms with Crippen LogP contribution in [-0.4, -0.2) is 5.11 Å². The van der Waals surface area contributed by atoms with Crippen molar-refractivity contribution < 1.29 is 5.11 Å². The lowest BCUT2D eigenvalue weighted by molar-refractivity contribution is 0.471. The summed E-state index contributed by atoms with van der Waals surface area (Å²) in [5, 5.41) is 9.38. The van der Waals surface area contributed by atoms with E-state index < -0.39 is 0 Å². The molecule has 0 spiro atoms. The Morgan fingerprint density at radius 1 is 0.889 bits per heavy atom. The molecule has 18 heavy (non-hydrogen) atoms. The second kappa shape index (κ2) is 7.33. The quantitative estimate of drug-likeness (QED) is 0.758. The minimum Gasteiger partial charge on any atom is -0.508 e. The molecule has 0 aliphatic rings. The number of aromatic hydroxyl groups is 1. The maximum Gasteiger partial charge on any atom is 0.119 e. The van der Waals surface area contributed by atoms with Crippen LogP contribution in [0.15, 0.2) is 60.2 Å². The van der Waals surface area contributed by atoms with Crippen molar-refractivity contribution >= 4 is 6.08 Å². The van der Waals surface area contributed by atoms with Crippen molar-refractivity contribution in [2.75, 3.05) is 0 Å². The Kier molecular flexibility index (Phi) is 5.72. The van der Waals surface area contributed by atoms with Gasteiger partial charge in [-0.25, -0.2) is 0 Å². The summed E-state index contributed by atoms with van der Waals surface area (Å²) in [5.74, 6) is 0.366. The molecule has 0 atom stereocenters. The van der Waals surface area contributed by atoms with Gasteiger partial charge in [0.2, 0.25) is 0 Å². The van der Waals surface area contributed by atoms with Gasteiger partial charge in [0.05, 0.1) is 0 Å². The predicted molar refractivity (Wildman–Crippen MR) is 78.6 cm³/mol. The fraction of sp³-hybridized carbons (Fsp3) is 0.176. The minimum absolute atomic E-state index is 0.366. The van der Waals surface area contributed by atoms with E-state index in [1.807, 2.05) is 69.3 Å². The van der Waals surface area contributed by atoms with Gasteiger partial charge >= 0.3 is 0 Å². The van der Waals surface area contributed by atoms with Gasteiger partial charge in [-0.2, -0.15) is 0 Å². The number of hydrogen-bond acceptors (Lipinski definition) is 1. The smallest absolute Gasteiger partial charge is 0.119 e. The number of phenols is 1. The summed E-state index contributed by atoms with van der Waals surface area (Å²) in [6, 6.07) is 17.6. The SMILES string of the molecule is CC(C)=Cc1cccc(O)c1C.c1ccccc1. The lowest BCUT2D eigenvalue weighted by atomic mass is 10.1. The predicted octanol–water partition coefficient (Wildman–Crippen LogP) is 4.81. The molecule has 1 nitrogen and oxygen atoms in total. The third-order valence-electron chi connectivity index (χ3n) is 2.46. The van der Waals surface area contributed by atoms with E-state index in [0.717, 1.165) is 11.1 Å². The molecule has 0 unspecified atom stereocenters. The van der Waals surface area contributed by atoms with Gasteiger partial charge in [0.25, 0.3) is 0 Å². The molecule has 2 rings (SSSR count). The highest BCUT2D eigenvalue weighted by Crippen LogP contribution is 2.21. The Balaban J connectivity index is 0.000000225. The van der Waals surface area contributed by atoms with Gasteiger partial charge in [0.15, 0.2) is 0 Å². The summed E-state index contributed by atoms with van der Waals surface area (Å²) in [4.78, 5) is 0. The number of allylic oxidation sites excluding steroid dienone is 1. The van der Waals surface area contributed by atoms with Crippen molar-refractivity contribution in [2.24, 2.45) is 0 Å². The van der Waals surface area contributed by atoms with E-state index in [1.165, 1.54) is 5.57 Å². The molecule has 0 aliphatic carbocycles. The second-order valence-corrected chi connectivity index (χ2v) is 4.37. The molecule has 94 valence electrons. The molecule has 0 fully saturated rings. The largest absolute Gasteiger partial charge is 0.508 e. The Bertz CT molecular complexity index is 468. The van der Waals surface area contributed by atoms with Gasteiger partial charge in [-0.15, -0.1) is 0 Å². The highest BCUT2D eigenvalue weighted by atomic mass is 16.3. The highest BCUT2D eigenvalue weighted by Gasteiger charge is 1.98. The molecule has 0 amide bonds. The summed E-state index contributed by atoms with van der Waals surface area (Å²) < 4.78 is 0. The number of rotatable bonds is 1. The third-order valence-corrected chi connectivity index (χ3v) is 2.46. The van der Waals surface area contributed by atoms with E-state index in [-0.39, 0.29) is 0 Å². The third kappa shape index (κ3) is 4.88. The van der Waals surface area contributed by atoms with E-state index in [4.69, 9.17) is 0 Å². The Labute approximate surface area is 109 Å². The standard InChI is InChI=1S/C11H14O.C6H6/c1-8(2)7-10-5-4-6-11(12)9(10)3;1-2-4-6-5-3-1/h4-7,12H,1-3H3;1-6H. The van der Waals surface area contributed by atoms with Crippen LogP contribution in [0, 0.1) is 6.92 Å². The highest BCUT2D eigenvalue weighted by molar-refractivity contribution is 5.58. The lowest BCUT2D eigenvalue weighted by Gasteiger charge is -2.02. The first-order valence-corrected chi connectivity index (χ1v) is 6.04. The fourth-order valence-corrected chi connectivity index (χ4v) is 1.49. The number of hydrogen-bond donors (Lipinski definition) is 1. The molecule has 0 heterocycles. The zero-order valence-corrected chi connectivity index (χ0v) is 11.2. The first-order valence-electron chi connectivity index (χ1n) is 6.04. The molecule has 0 saturated heterocycles. The molecule has 1 heteroatoms. The van der Waals surface area contributed by atoms with Crippen molar-refractivity contribution in [1.29, 1.82) is 0 Å². The van der Waals surface area contributed by atoms with Crippen molar-refractivity contribution in [3.63, 3.8) is 0 Å². The van der Waals surface area contributed by atoms with Crippen molar-refractivity contribution in [1.82, 2.24) is 0 Å². The lowest BCUT2D eigenvalue weighted by Crippen LogP contribution is -1.81. The van der Waals surface area contributed by atoms with Crippen molar-refractivity contribution in [2.45, 2.75) is 20.8 Å². The molecule has 0 aromatic heterocycles. The molecule has 1 N–H and O–H groups in total. The van der Waals surface area contributed by atoms with E-state index in [9.17, 15) is 5.11 Å². The van der Waals surface area contributed by atoms with E-state index in [1.54, 1.807) is 6.07 Å². The van der Waals surface area contributed by atoms with E-state index in [2.05, 4.69) is 6.08 Å². The molecule has 0 aliphatic heterocycles. The number of benzene rings is 2. The zero-order valence-electron chi connectivity index (χ0n) is 11.2. The van der Waals surface area contributed by atoms with Crippen LogP contribution in [0.25, 0.3) is 6.08 Å². The first-order chi connectivity index (χ1) is 8.61. The van der Waals surface area contributed by atoms with Gasteiger partial charge in [-0.3, -0.25) is 0 Å². The maximum absolute atomic E-state index is 9.38. The topological polar surface area (TPSA) is 20.2 Å². The average molecular weight is 240 g/mol. The molecule has 2 aromatic carbocycles. The fourth-order valence-electron chi connectivity index (χ4n) is 1.49. The van der Waals surface area contributed by atoms with Gasteiger partial charge in [0, 0.05) is 0 Å². The summed E-state index contributed by atoms with van der Waals surface area (Å²) >= 11 is 0. The van der Waals surface area contributed by atoms with Crippen molar-refractivity contribution in [3.05, 3.63) is 71.3 Å². The zero-order chi connectivity index (χ0) is 13.4. The Hall–Kier alpha value is -2.02. The van der Waals surface area contributed by atoms with Gasteiger partial charge < -0.3 is 5.11 Å². The Morgan fingerprint density at radius 2 is 1.39 bits per heavy atom. The average Bonchev–Trinajstić information content (AvgIpc) is 2.37. The van der Waals surface area contributed by atoms with Gasteiger partial charge in [0.1, 0.15) is 5.75 Å². The van der Waals surface area contributed by atoms with Crippen LogP contribution in [0.1, 0.15) is 25.0 Å². The molecule has 2 aromatic rings. The van der Waals surface area contributed by atoms with Crippen LogP contribution in [0.5, 0.6) is 5.75 Å². The van der Waals surface area contributed by atoms with Crippen LogP contribution >= 0.6 is 0 Å². The maximum atomic E-state index is 9.38. The van der Waals surface area contributed by atoms with Crippen LogP contribution in [0.2, 0.25) is 0 Å². The summed E-state index contributed by atoms with van der Waals surface area (Å²) in [6.45, 7) is 6.01. The molecule has 0 saturated carbocycles. The summed E-state index contributed by atoms with van der Waals surface area (Å²) in [5.41, 5.74) is 3.28. The van der Waals surface area contributed by atoms with E-state index >= 15 is 0 Å². The molecule has 0 radical (unpaired) electrons. The summed E-state index contributed by atoms with van der Waals surface area (Å²) in [7, 11) is 0. The number of phenolic OH excluding ortho intramolecular Hbond substituents is 1. The van der Waals surface area contributed by atoms with Crippen LogP contribution in [0.3, 0.4) is 0 Å². The van der Waals surface area contributed by atoms with Crippen LogP contribution in [-0.2, 0) is 0 Å². The van der Waals surface area contributed by atoms with Gasteiger partial charge in [-0.05, 0) is 38.0 Å². The first kappa shape index (κ1) is 14.0. The normalized spacial score (nSPS) is 9.06. The molecular formula is C17H20O. The molecule has 0 bridgehead atoms. The monoisotopic (exact) mass is 240 g/mol.